The minimum Gasteiger partial charge on any atom is -0.438 e. The van der Waals surface area contributed by atoms with Gasteiger partial charge >= 0.3 is 5.97 Å². The molecule has 0 heterocycles. The van der Waals surface area contributed by atoms with E-state index >= 15 is 0 Å². The van der Waals surface area contributed by atoms with Gasteiger partial charge in [0.25, 0.3) is 0 Å². The molecule has 3 nitrogen and oxygen atoms in total. The van der Waals surface area contributed by atoms with Crippen LogP contribution in [0.5, 0.6) is 0 Å². The van der Waals surface area contributed by atoms with Crippen LogP contribution in [0.2, 0.25) is 0 Å². The highest BCUT2D eigenvalue weighted by molar-refractivity contribution is 5.77. The third kappa shape index (κ3) is 5.56. The van der Waals surface area contributed by atoms with Crippen molar-refractivity contribution in [3.05, 3.63) is 6.42 Å². The molecule has 10 heavy (non-hydrogen) atoms. The summed E-state index contributed by atoms with van der Waals surface area (Å²) < 4.78 is 9.54. The van der Waals surface area contributed by atoms with Gasteiger partial charge in [-0.05, 0) is 13.8 Å². The van der Waals surface area contributed by atoms with Crippen LogP contribution in [-0.2, 0) is 14.3 Å². The first-order chi connectivity index (χ1) is 4.66. The Morgan fingerprint density at radius 2 is 2.20 bits per heavy atom. The second-order valence-corrected chi connectivity index (χ2v) is 2.09. The zero-order valence-electron chi connectivity index (χ0n) is 6.59. The Bertz CT molecular complexity index is 99.0. The van der Waals surface area contributed by atoms with Gasteiger partial charge in [-0.15, -0.1) is 0 Å². The van der Waals surface area contributed by atoms with Gasteiger partial charge in [0.2, 0.25) is 0 Å². The Morgan fingerprint density at radius 1 is 1.60 bits per heavy atom. The van der Waals surface area contributed by atoms with Crippen molar-refractivity contribution in [3.8, 4) is 0 Å². The molecule has 0 rings (SSSR count). The van der Waals surface area contributed by atoms with Gasteiger partial charge in [-0.2, -0.15) is 0 Å². The molecule has 0 aromatic carbocycles. The van der Waals surface area contributed by atoms with Crippen LogP contribution in [0.4, 0.5) is 0 Å². The molecule has 59 valence electrons. The number of esters is 1. The highest BCUT2D eigenvalue weighted by Gasteiger charge is 1.98. The monoisotopic (exact) mass is 145 g/mol. The van der Waals surface area contributed by atoms with Crippen LogP contribution in [0.3, 0.4) is 0 Å². The zero-order chi connectivity index (χ0) is 7.98. The largest absolute Gasteiger partial charge is 0.438 e. The molecule has 0 bridgehead atoms. The number of ether oxygens (including phenoxy) is 2. The minimum atomic E-state index is -0.347. The van der Waals surface area contributed by atoms with Crippen LogP contribution in [0.1, 0.15) is 20.8 Å². The third-order valence-electron chi connectivity index (χ3n) is 0.838. The van der Waals surface area contributed by atoms with Crippen molar-refractivity contribution in [2.75, 3.05) is 6.79 Å². The zero-order valence-corrected chi connectivity index (χ0v) is 6.59. The van der Waals surface area contributed by atoms with E-state index in [9.17, 15) is 4.79 Å². The van der Waals surface area contributed by atoms with Gasteiger partial charge in [-0.25, -0.2) is 0 Å². The normalized spacial score (nSPS) is 10.0. The maximum Gasteiger partial charge on any atom is 0.311 e. The molecule has 1 radical (unpaired) electrons. The van der Waals surface area contributed by atoms with Gasteiger partial charge in [0.15, 0.2) is 6.79 Å². The Morgan fingerprint density at radius 3 is 2.60 bits per heavy atom. The predicted octanol–water partition coefficient (Wildman–Crippen LogP) is 1.14. The number of carbonyl (C=O) groups is 1. The summed E-state index contributed by atoms with van der Waals surface area (Å²) in [4.78, 5) is 10.4. The number of hydrogen-bond donors (Lipinski definition) is 0. The third-order valence-corrected chi connectivity index (χ3v) is 0.838. The summed E-state index contributed by atoms with van der Waals surface area (Å²) >= 11 is 0. The molecule has 0 amide bonds. The quantitative estimate of drug-likeness (QED) is 0.439. The van der Waals surface area contributed by atoms with E-state index in [0.717, 1.165) is 0 Å². The van der Waals surface area contributed by atoms with E-state index in [0.29, 0.717) is 0 Å². The topological polar surface area (TPSA) is 35.5 Å². The van der Waals surface area contributed by atoms with E-state index < -0.39 is 0 Å². The van der Waals surface area contributed by atoms with Gasteiger partial charge in [-0.1, -0.05) is 6.92 Å². The number of carbonyl (C=O) groups excluding carboxylic acids is 1. The molecule has 0 unspecified atom stereocenters. The molecular weight excluding hydrogens is 132 g/mol. The average Bonchev–Trinajstić information content (AvgIpc) is 1.87. The lowest BCUT2D eigenvalue weighted by Crippen LogP contribution is -2.11. The van der Waals surface area contributed by atoms with Crippen molar-refractivity contribution in [2.24, 2.45) is 0 Å². The second kappa shape index (κ2) is 5.23. The number of rotatable bonds is 4. The molecular formula is C7H13O3. The molecule has 0 aliphatic heterocycles. The molecule has 0 atom stereocenters. The first-order valence-electron chi connectivity index (χ1n) is 3.24. The smallest absolute Gasteiger partial charge is 0.311 e. The van der Waals surface area contributed by atoms with Crippen LogP contribution >= 0.6 is 0 Å². The summed E-state index contributed by atoms with van der Waals surface area (Å²) in [6.45, 7) is 5.42. The van der Waals surface area contributed by atoms with Crippen LogP contribution < -0.4 is 0 Å². The Hall–Kier alpha value is -0.570. The fourth-order valence-electron chi connectivity index (χ4n) is 0.312. The highest BCUT2D eigenvalue weighted by atomic mass is 16.7. The van der Waals surface area contributed by atoms with E-state index in [1.807, 2.05) is 13.8 Å². The average molecular weight is 145 g/mol. The van der Waals surface area contributed by atoms with Gasteiger partial charge in [-0.3, -0.25) is 4.79 Å². The van der Waals surface area contributed by atoms with Gasteiger partial charge in [0.1, 0.15) is 0 Å². The summed E-state index contributed by atoms with van der Waals surface area (Å²) in [7, 11) is 0. The molecule has 0 aliphatic carbocycles. The van der Waals surface area contributed by atoms with Crippen molar-refractivity contribution >= 4 is 5.97 Å². The number of hydrogen-bond acceptors (Lipinski definition) is 3. The van der Waals surface area contributed by atoms with E-state index in [-0.39, 0.29) is 18.9 Å². The lowest BCUT2D eigenvalue weighted by molar-refractivity contribution is -0.154. The van der Waals surface area contributed by atoms with Gasteiger partial charge in [0, 0.05) is 0 Å². The van der Waals surface area contributed by atoms with Crippen molar-refractivity contribution in [1.29, 1.82) is 0 Å². The fraction of sp³-hybridized carbons (Fsp3) is 0.714. The molecule has 3 heteroatoms. The summed E-state index contributed by atoms with van der Waals surface area (Å²) in [5.74, 6) is -0.347. The summed E-state index contributed by atoms with van der Waals surface area (Å²) in [5, 5.41) is 0. The van der Waals surface area contributed by atoms with Crippen LogP contribution in [0.15, 0.2) is 0 Å². The molecule has 0 aliphatic rings. The Balaban J connectivity index is 3.12. The second-order valence-electron chi connectivity index (χ2n) is 2.09. The highest BCUT2D eigenvalue weighted by Crippen LogP contribution is 1.89. The lowest BCUT2D eigenvalue weighted by atomic mass is 10.5. The van der Waals surface area contributed by atoms with Crippen LogP contribution in [0.25, 0.3) is 0 Å². The van der Waals surface area contributed by atoms with Crippen LogP contribution in [-0.4, -0.2) is 18.9 Å². The first kappa shape index (κ1) is 9.43. The maximum absolute atomic E-state index is 10.4. The summed E-state index contributed by atoms with van der Waals surface area (Å²) in [6, 6.07) is 0. The molecule has 0 spiro atoms. The predicted molar refractivity (Wildman–Crippen MR) is 37.2 cm³/mol. The van der Waals surface area contributed by atoms with E-state index in [1.165, 1.54) is 6.42 Å². The molecule has 0 saturated carbocycles. The Labute approximate surface area is 61.3 Å². The van der Waals surface area contributed by atoms with E-state index in [4.69, 9.17) is 4.74 Å². The maximum atomic E-state index is 10.4. The van der Waals surface area contributed by atoms with Crippen LogP contribution in [0, 0.1) is 6.42 Å². The SMILES string of the molecule is C[CH]C(=O)OCOC(C)C. The lowest BCUT2D eigenvalue weighted by Gasteiger charge is -2.06. The molecule has 0 N–H and O–H groups in total. The van der Waals surface area contributed by atoms with Crippen molar-refractivity contribution < 1.29 is 14.3 Å². The van der Waals surface area contributed by atoms with Crippen molar-refractivity contribution in [2.45, 2.75) is 26.9 Å². The molecule has 0 fully saturated rings. The first-order valence-corrected chi connectivity index (χ1v) is 3.24. The fourth-order valence-corrected chi connectivity index (χ4v) is 0.312. The Kier molecular flexibility index (Phi) is 4.94. The standard InChI is InChI=1S/C7H13O3/c1-4-7(8)10-5-9-6(2)3/h4,6H,5H2,1-3H3. The molecule has 0 aromatic heterocycles. The molecule has 0 aromatic rings. The van der Waals surface area contributed by atoms with Crippen molar-refractivity contribution in [3.63, 3.8) is 0 Å². The van der Waals surface area contributed by atoms with Gasteiger partial charge < -0.3 is 9.47 Å². The summed E-state index contributed by atoms with van der Waals surface area (Å²) in [6.07, 6.45) is 1.45. The minimum absolute atomic E-state index is 0.0425. The van der Waals surface area contributed by atoms with E-state index in [1.54, 1.807) is 6.92 Å². The molecule has 0 saturated heterocycles. The van der Waals surface area contributed by atoms with Gasteiger partial charge in [0.05, 0.1) is 12.5 Å². The van der Waals surface area contributed by atoms with Crippen molar-refractivity contribution in [1.82, 2.24) is 0 Å². The van der Waals surface area contributed by atoms with E-state index in [2.05, 4.69) is 4.74 Å². The summed E-state index contributed by atoms with van der Waals surface area (Å²) in [5.41, 5.74) is 0.